The van der Waals surface area contributed by atoms with E-state index in [0.717, 1.165) is 22.4 Å². The molecule has 0 atom stereocenters. The van der Waals surface area contributed by atoms with Crippen molar-refractivity contribution in [3.05, 3.63) is 106 Å². The van der Waals surface area contributed by atoms with Crippen LogP contribution in [0.3, 0.4) is 0 Å². The summed E-state index contributed by atoms with van der Waals surface area (Å²) in [5.41, 5.74) is 4.19. The maximum atomic E-state index is 15.0. The fraction of sp³-hybridized carbons (Fsp3) is 0.179. The van der Waals surface area contributed by atoms with Crippen LogP contribution >= 0.6 is 0 Å². The SMILES string of the molecule is Cc1nc(C(=O)O)c(C)c(C)c1C.FC1(F)c2ccccc2Oc2cc[c-]c(-c3ccccn3)c21.[Ir]. The fourth-order valence-corrected chi connectivity index (χ4v) is 3.93. The molecule has 8 heteroatoms. The van der Waals surface area contributed by atoms with Crippen LogP contribution < -0.4 is 4.74 Å². The standard InChI is InChI=1S/C18H10F2NO.C10H13NO2.Ir/c19-18(20)13-7-1-2-9-15(13)22-16-10-5-6-12(17(16)18)14-8-3-4-11-21-14;1-5-6(2)8(4)11-9(7(5)3)10(12)13;/h1-5,7-11H;1-4H3,(H,12,13);/q-1;;. The van der Waals surface area contributed by atoms with Crippen LogP contribution in [0.4, 0.5) is 8.78 Å². The van der Waals surface area contributed by atoms with Gasteiger partial charge in [0, 0.05) is 32.0 Å². The Bertz CT molecular complexity index is 1430. The van der Waals surface area contributed by atoms with E-state index in [9.17, 15) is 4.79 Å². The molecule has 2 aromatic carbocycles. The molecule has 2 aromatic heterocycles. The van der Waals surface area contributed by atoms with Gasteiger partial charge in [-0.2, -0.15) is 0 Å². The van der Waals surface area contributed by atoms with Crippen LogP contribution in [0.1, 0.15) is 44.0 Å². The van der Waals surface area contributed by atoms with Crippen molar-refractivity contribution in [1.82, 2.24) is 9.97 Å². The van der Waals surface area contributed by atoms with E-state index in [0.29, 0.717) is 5.69 Å². The van der Waals surface area contributed by atoms with Crippen molar-refractivity contribution < 1.29 is 43.5 Å². The predicted octanol–water partition coefficient (Wildman–Crippen LogP) is 6.81. The number of carboxylic acids is 1. The third-order valence-corrected chi connectivity index (χ3v) is 6.14. The van der Waals surface area contributed by atoms with Crippen molar-refractivity contribution in [2.75, 3.05) is 0 Å². The number of benzene rings is 2. The van der Waals surface area contributed by atoms with Crippen LogP contribution in [0, 0.1) is 33.8 Å². The maximum absolute atomic E-state index is 15.0. The number of alkyl halides is 2. The molecule has 0 aliphatic carbocycles. The van der Waals surface area contributed by atoms with Gasteiger partial charge in [0.15, 0.2) is 5.69 Å². The zero-order chi connectivity index (χ0) is 25.3. The summed E-state index contributed by atoms with van der Waals surface area (Å²) >= 11 is 0. The molecular weight excluding hydrogens is 643 g/mol. The number of aromatic carboxylic acids is 1. The second kappa shape index (κ2) is 10.6. The average Bonchev–Trinajstić information content (AvgIpc) is 2.85. The number of halogens is 2. The van der Waals surface area contributed by atoms with Crippen LogP contribution in [0.5, 0.6) is 11.5 Å². The number of pyridine rings is 2. The third-order valence-electron chi connectivity index (χ3n) is 6.14. The molecule has 0 amide bonds. The molecule has 5 rings (SSSR count). The first-order valence-corrected chi connectivity index (χ1v) is 10.9. The van der Waals surface area contributed by atoms with Crippen LogP contribution in [-0.2, 0) is 26.0 Å². The van der Waals surface area contributed by atoms with E-state index in [1.807, 2.05) is 20.8 Å². The molecule has 5 nitrogen and oxygen atoms in total. The van der Waals surface area contributed by atoms with E-state index >= 15 is 8.78 Å². The van der Waals surface area contributed by atoms with E-state index in [1.54, 1.807) is 55.6 Å². The molecule has 36 heavy (non-hydrogen) atoms. The number of aryl methyl sites for hydroxylation is 1. The van der Waals surface area contributed by atoms with Gasteiger partial charge in [0.1, 0.15) is 5.75 Å². The molecule has 0 spiro atoms. The smallest absolute Gasteiger partial charge is 0.354 e. The number of carbonyl (C=O) groups is 1. The Morgan fingerprint density at radius 3 is 2.31 bits per heavy atom. The Balaban J connectivity index is 0.000000223. The fourth-order valence-electron chi connectivity index (χ4n) is 3.93. The van der Waals surface area contributed by atoms with Crippen LogP contribution in [0.15, 0.2) is 60.8 Å². The number of para-hydroxylation sites is 1. The summed E-state index contributed by atoms with van der Waals surface area (Å²) in [6.07, 6.45) is 1.57. The van der Waals surface area contributed by atoms with Gasteiger partial charge in [-0.1, -0.05) is 30.3 Å². The summed E-state index contributed by atoms with van der Waals surface area (Å²) in [6, 6.07) is 17.3. The number of aromatic nitrogens is 2. The van der Waals surface area contributed by atoms with Crippen molar-refractivity contribution in [2.24, 2.45) is 0 Å². The number of hydrogen-bond acceptors (Lipinski definition) is 4. The van der Waals surface area contributed by atoms with Crippen molar-refractivity contribution in [3.8, 4) is 22.8 Å². The van der Waals surface area contributed by atoms with Gasteiger partial charge in [-0.05, 0) is 73.8 Å². The summed E-state index contributed by atoms with van der Waals surface area (Å²) < 4.78 is 35.7. The first-order valence-electron chi connectivity index (χ1n) is 10.9. The second-order valence-electron chi connectivity index (χ2n) is 8.21. The topological polar surface area (TPSA) is 72.3 Å². The minimum atomic E-state index is -3.16. The molecule has 1 aliphatic heterocycles. The van der Waals surface area contributed by atoms with Gasteiger partial charge in [-0.15, -0.1) is 17.7 Å². The molecule has 0 unspecified atom stereocenters. The first kappa shape index (κ1) is 27.1. The van der Waals surface area contributed by atoms with E-state index in [1.165, 1.54) is 12.1 Å². The number of rotatable bonds is 2. The van der Waals surface area contributed by atoms with Crippen molar-refractivity contribution in [2.45, 2.75) is 33.6 Å². The molecule has 0 fully saturated rings. The molecule has 187 valence electrons. The van der Waals surface area contributed by atoms with Gasteiger partial charge in [-0.3, -0.25) is 0 Å². The quantitative estimate of drug-likeness (QED) is 0.239. The predicted molar refractivity (Wildman–Crippen MR) is 128 cm³/mol. The average molecular weight is 666 g/mol. The number of carboxylic acid groups (broad SMARTS) is 1. The van der Waals surface area contributed by atoms with Gasteiger partial charge in [-0.25, -0.2) is 18.6 Å². The van der Waals surface area contributed by atoms with Gasteiger partial charge in [0.25, 0.3) is 5.92 Å². The van der Waals surface area contributed by atoms with Gasteiger partial charge in [0.2, 0.25) is 0 Å². The summed E-state index contributed by atoms with van der Waals surface area (Å²) in [6.45, 7) is 7.49. The second-order valence-corrected chi connectivity index (χ2v) is 8.21. The number of fused-ring (bicyclic) bond motifs is 2. The number of hydrogen-bond donors (Lipinski definition) is 1. The van der Waals surface area contributed by atoms with Gasteiger partial charge in [0.05, 0.1) is 11.3 Å². The Morgan fingerprint density at radius 1 is 0.944 bits per heavy atom. The Morgan fingerprint density at radius 2 is 1.64 bits per heavy atom. The Labute approximate surface area is 221 Å². The molecule has 1 aliphatic rings. The zero-order valence-corrected chi connectivity index (χ0v) is 22.4. The molecule has 3 heterocycles. The van der Waals surface area contributed by atoms with E-state index in [4.69, 9.17) is 9.84 Å². The summed E-state index contributed by atoms with van der Waals surface area (Å²) in [4.78, 5) is 19.0. The molecule has 1 radical (unpaired) electrons. The van der Waals surface area contributed by atoms with Crippen LogP contribution in [-0.4, -0.2) is 21.0 Å². The first-order chi connectivity index (χ1) is 16.6. The van der Waals surface area contributed by atoms with E-state index in [-0.39, 0.29) is 54.0 Å². The summed E-state index contributed by atoms with van der Waals surface area (Å²) in [5.74, 6) is -3.79. The summed E-state index contributed by atoms with van der Waals surface area (Å²) in [5, 5.41) is 8.84. The number of ether oxygens (including phenoxy) is 1. The summed E-state index contributed by atoms with van der Waals surface area (Å²) in [7, 11) is 0. The zero-order valence-electron chi connectivity index (χ0n) is 20.0. The van der Waals surface area contributed by atoms with Crippen LogP contribution in [0.2, 0.25) is 0 Å². The normalized spacial score (nSPS) is 12.6. The molecular formula is C28H23F2IrN2O3-. The minimum absolute atomic E-state index is 0. The van der Waals surface area contributed by atoms with Gasteiger partial charge >= 0.3 is 5.97 Å². The Hall–Kier alpha value is -3.48. The van der Waals surface area contributed by atoms with E-state index < -0.39 is 11.9 Å². The molecule has 0 saturated carbocycles. The monoisotopic (exact) mass is 666 g/mol. The minimum Gasteiger partial charge on any atom is -0.477 e. The van der Waals surface area contributed by atoms with E-state index in [2.05, 4.69) is 16.0 Å². The largest absolute Gasteiger partial charge is 0.477 e. The molecule has 1 N–H and O–H groups in total. The Kier molecular flexibility index (Phi) is 8.02. The maximum Gasteiger partial charge on any atom is 0.354 e. The molecule has 0 saturated heterocycles. The van der Waals surface area contributed by atoms with Crippen molar-refractivity contribution >= 4 is 5.97 Å². The van der Waals surface area contributed by atoms with Crippen molar-refractivity contribution in [3.63, 3.8) is 0 Å². The van der Waals surface area contributed by atoms with Gasteiger partial charge < -0.3 is 14.8 Å². The molecule has 0 bridgehead atoms. The third kappa shape index (κ3) is 4.92. The van der Waals surface area contributed by atoms with Crippen LogP contribution in [0.25, 0.3) is 11.3 Å². The number of nitrogens with zero attached hydrogens (tertiary/aromatic N) is 2. The van der Waals surface area contributed by atoms with Crippen molar-refractivity contribution in [1.29, 1.82) is 0 Å². The molecule has 4 aromatic rings.